The predicted molar refractivity (Wildman–Crippen MR) is 74.5 cm³/mol. The highest BCUT2D eigenvalue weighted by Gasteiger charge is 2.16. The summed E-state index contributed by atoms with van der Waals surface area (Å²) in [7, 11) is 0. The summed E-state index contributed by atoms with van der Waals surface area (Å²) < 4.78 is 0. The lowest BCUT2D eigenvalue weighted by atomic mass is 10.1. The monoisotopic (exact) mass is 280 g/mol. The van der Waals surface area contributed by atoms with Crippen molar-refractivity contribution < 1.29 is 4.79 Å². The first-order chi connectivity index (χ1) is 8.66. The topological polar surface area (TPSA) is 55.1 Å². The SMILES string of the molecule is NC(=O)C(NCc1cccs1)c1ccc(Cl)cc1. The fourth-order valence-electron chi connectivity index (χ4n) is 1.65. The molecular formula is C13H13ClN2OS. The number of carbonyl (C=O) groups excluding carboxylic acids is 1. The first-order valence-corrected chi connectivity index (χ1v) is 6.73. The molecule has 0 aliphatic carbocycles. The Labute approximate surface area is 115 Å². The van der Waals surface area contributed by atoms with Crippen LogP contribution in [0.25, 0.3) is 0 Å². The second-order valence-electron chi connectivity index (χ2n) is 3.85. The summed E-state index contributed by atoms with van der Waals surface area (Å²) in [5, 5.41) is 5.79. The second kappa shape index (κ2) is 6.00. The number of hydrogen-bond acceptors (Lipinski definition) is 3. The van der Waals surface area contributed by atoms with E-state index in [2.05, 4.69) is 5.32 Å². The summed E-state index contributed by atoms with van der Waals surface area (Å²) in [5.41, 5.74) is 6.24. The highest BCUT2D eigenvalue weighted by Crippen LogP contribution is 2.17. The fraction of sp³-hybridized carbons (Fsp3) is 0.154. The number of nitrogens with two attached hydrogens (primary N) is 1. The number of halogens is 1. The molecule has 5 heteroatoms. The molecule has 0 spiro atoms. The van der Waals surface area contributed by atoms with Gasteiger partial charge in [0, 0.05) is 16.4 Å². The number of primary amides is 1. The standard InChI is InChI=1S/C13H13ClN2OS/c14-10-5-3-9(4-6-10)12(13(15)17)16-8-11-2-1-7-18-11/h1-7,12,16H,8H2,(H2,15,17). The lowest BCUT2D eigenvalue weighted by molar-refractivity contribution is -0.120. The van der Waals surface area contributed by atoms with Crippen LogP contribution >= 0.6 is 22.9 Å². The highest BCUT2D eigenvalue weighted by atomic mass is 35.5. The molecule has 2 rings (SSSR count). The van der Waals surface area contributed by atoms with Crippen LogP contribution in [0.15, 0.2) is 41.8 Å². The molecule has 1 amide bonds. The van der Waals surface area contributed by atoms with Crippen molar-refractivity contribution in [1.29, 1.82) is 0 Å². The van der Waals surface area contributed by atoms with Crippen LogP contribution in [0.4, 0.5) is 0 Å². The maximum absolute atomic E-state index is 11.5. The Morgan fingerprint density at radius 1 is 1.33 bits per heavy atom. The van der Waals surface area contributed by atoms with Crippen molar-refractivity contribution in [2.75, 3.05) is 0 Å². The van der Waals surface area contributed by atoms with Gasteiger partial charge >= 0.3 is 0 Å². The van der Waals surface area contributed by atoms with Crippen LogP contribution in [0.3, 0.4) is 0 Å². The molecule has 0 saturated heterocycles. The molecule has 18 heavy (non-hydrogen) atoms. The van der Waals surface area contributed by atoms with E-state index >= 15 is 0 Å². The van der Waals surface area contributed by atoms with Gasteiger partial charge in [-0.2, -0.15) is 0 Å². The van der Waals surface area contributed by atoms with E-state index in [1.165, 1.54) is 0 Å². The Morgan fingerprint density at radius 3 is 2.61 bits per heavy atom. The van der Waals surface area contributed by atoms with Gasteiger partial charge in [0.2, 0.25) is 5.91 Å². The average molecular weight is 281 g/mol. The molecule has 0 saturated carbocycles. The zero-order chi connectivity index (χ0) is 13.0. The minimum atomic E-state index is -0.496. The van der Waals surface area contributed by atoms with Crippen LogP contribution in [0, 0.1) is 0 Å². The molecule has 1 atom stereocenters. The summed E-state index contributed by atoms with van der Waals surface area (Å²) in [4.78, 5) is 12.6. The Kier molecular flexibility index (Phi) is 4.36. The Bertz CT molecular complexity index is 510. The number of carbonyl (C=O) groups is 1. The predicted octanol–water partition coefficient (Wildman–Crippen LogP) is 2.72. The van der Waals surface area contributed by atoms with Gasteiger partial charge in [0.15, 0.2) is 0 Å². The number of thiophene rings is 1. The summed E-state index contributed by atoms with van der Waals surface area (Å²) in [5.74, 6) is -0.395. The molecule has 0 radical (unpaired) electrons. The van der Waals surface area contributed by atoms with Gasteiger partial charge in [-0.25, -0.2) is 0 Å². The maximum Gasteiger partial charge on any atom is 0.239 e. The Hall–Kier alpha value is -1.36. The maximum atomic E-state index is 11.5. The quantitative estimate of drug-likeness (QED) is 0.885. The van der Waals surface area contributed by atoms with Gasteiger partial charge in [-0.15, -0.1) is 11.3 Å². The second-order valence-corrected chi connectivity index (χ2v) is 5.32. The molecule has 1 unspecified atom stereocenters. The van der Waals surface area contributed by atoms with Crippen LogP contribution in [-0.2, 0) is 11.3 Å². The average Bonchev–Trinajstić information content (AvgIpc) is 2.84. The highest BCUT2D eigenvalue weighted by molar-refractivity contribution is 7.09. The summed E-state index contributed by atoms with van der Waals surface area (Å²) >= 11 is 7.46. The number of benzene rings is 1. The van der Waals surface area contributed by atoms with Crippen molar-refractivity contribution in [3.05, 3.63) is 57.2 Å². The van der Waals surface area contributed by atoms with Gasteiger partial charge in [-0.05, 0) is 29.1 Å². The third-order valence-corrected chi connectivity index (χ3v) is 3.68. The number of rotatable bonds is 5. The molecule has 0 aliphatic rings. The molecule has 1 heterocycles. The van der Waals surface area contributed by atoms with Gasteiger partial charge < -0.3 is 5.73 Å². The number of hydrogen-bond donors (Lipinski definition) is 2. The van der Waals surface area contributed by atoms with E-state index in [1.54, 1.807) is 35.6 Å². The van der Waals surface area contributed by atoms with E-state index < -0.39 is 11.9 Å². The van der Waals surface area contributed by atoms with Crippen molar-refractivity contribution in [3.8, 4) is 0 Å². The van der Waals surface area contributed by atoms with Crippen molar-refractivity contribution >= 4 is 28.8 Å². The third kappa shape index (κ3) is 3.32. The molecule has 3 nitrogen and oxygen atoms in total. The van der Waals surface area contributed by atoms with E-state index in [4.69, 9.17) is 17.3 Å². The van der Waals surface area contributed by atoms with E-state index in [-0.39, 0.29) is 0 Å². The van der Waals surface area contributed by atoms with Crippen LogP contribution < -0.4 is 11.1 Å². The lowest BCUT2D eigenvalue weighted by Gasteiger charge is -2.15. The molecule has 0 fully saturated rings. The number of nitrogens with one attached hydrogen (secondary N) is 1. The van der Waals surface area contributed by atoms with Gasteiger partial charge in [-0.3, -0.25) is 10.1 Å². The van der Waals surface area contributed by atoms with Crippen molar-refractivity contribution in [1.82, 2.24) is 5.32 Å². The minimum Gasteiger partial charge on any atom is -0.368 e. The van der Waals surface area contributed by atoms with Gasteiger partial charge in [0.1, 0.15) is 6.04 Å². The molecule has 1 aromatic heterocycles. The Morgan fingerprint density at radius 2 is 2.06 bits per heavy atom. The Balaban J connectivity index is 2.08. The van der Waals surface area contributed by atoms with Crippen LogP contribution in [0.5, 0.6) is 0 Å². The van der Waals surface area contributed by atoms with Crippen molar-refractivity contribution in [2.45, 2.75) is 12.6 Å². The third-order valence-electron chi connectivity index (χ3n) is 2.55. The van der Waals surface area contributed by atoms with Gasteiger partial charge in [0.25, 0.3) is 0 Å². The van der Waals surface area contributed by atoms with Crippen LogP contribution in [0.2, 0.25) is 5.02 Å². The molecule has 1 aromatic carbocycles. The smallest absolute Gasteiger partial charge is 0.239 e. The molecule has 2 aromatic rings. The minimum absolute atomic E-state index is 0.395. The summed E-state index contributed by atoms with van der Waals surface area (Å²) in [6.45, 7) is 0.619. The van der Waals surface area contributed by atoms with Crippen LogP contribution in [0.1, 0.15) is 16.5 Å². The first-order valence-electron chi connectivity index (χ1n) is 5.47. The summed E-state index contributed by atoms with van der Waals surface area (Å²) in [6.07, 6.45) is 0. The zero-order valence-electron chi connectivity index (χ0n) is 9.60. The lowest BCUT2D eigenvalue weighted by Crippen LogP contribution is -2.33. The molecule has 3 N–H and O–H groups in total. The molecule has 94 valence electrons. The number of amides is 1. The van der Waals surface area contributed by atoms with E-state index in [9.17, 15) is 4.79 Å². The molecular weight excluding hydrogens is 268 g/mol. The van der Waals surface area contributed by atoms with E-state index in [1.807, 2.05) is 17.5 Å². The van der Waals surface area contributed by atoms with E-state index in [0.29, 0.717) is 11.6 Å². The first kappa shape index (κ1) is 13.1. The zero-order valence-corrected chi connectivity index (χ0v) is 11.2. The largest absolute Gasteiger partial charge is 0.368 e. The van der Waals surface area contributed by atoms with Crippen molar-refractivity contribution in [2.24, 2.45) is 5.73 Å². The van der Waals surface area contributed by atoms with Gasteiger partial charge in [0.05, 0.1) is 0 Å². The van der Waals surface area contributed by atoms with Crippen molar-refractivity contribution in [3.63, 3.8) is 0 Å². The van der Waals surface area contributed by atoms with Gasteiger partial charge in [-0.1, -0.05) is 29.8 Å². The fourth-order valence-corrected chi connectivity index (χ4v) is 2.44. The molecule has 0 bridgehead atoms. The summed E-state index contributed by atoms with van der Waals surface area (Å²) in [6, 6.07) is 10.6. The molecule has 0 aliphatic heterocycles. The van der Waals surface area contributed by atoms with Crippen LogP contribution in [-0.4, -0.2) is 5.91 Å². The van der Waals surface area contributed by atoms with E-state index in [0.717, 1.165) is 10.4 Å². The normalized spacial score (nSPS) is 12.3.